The molecule has 0 amide bonds. The third-order valence-electron chi connectivity index (χ3n) is 4.73. The minimum Gasteiger partial charge on any atom is -0.488 e. The van der Waals surface area contributed by atoms with Gasteiger partial charge in [-0.25, -0.2) is 0 Å². The van der Waals surface area contributed by atoms with E-state index in [9.17, 15) is 5.26 Å². The van der Waals surface area contributed by atoms with E-state index in [4.69, 9.17) is 15.2 Å². The van der Waals surface area contributed by atoms with Gasteiger partial charge in [-0.2, -0.15) is 5.26 Å². The number of H-pyrrole nitrogens is 1. The summed E-state index contributed by atoms with van der Waals surface area (Å²) in [6, 6.07) is 16.1. The van der Waals surface area contributed by atoms with Gasteiger partial charge in [-0.15, -0.1) is 5.10 Å². The van der Waals surface area contributed by atoms with Crippen LogP contribution in [0.1, 0.15) is 28.3 Å². The Bertz CT molecular complexity index is 1150. The molecule has 0 saturated carbocycles. The Morgan fingerprint density at radius 1 is 1.31 bits per heavy atom. The number of nitrogens with zero attached hydrogens (tertiary/aromatic N) is 2. The zero-order chi connectivity index (χ0) is 20.5. The van der Waals surface area contributed by atoms with Gasteiger partial charge in [0.2, 0.25) is 11.8 Å². The molecule has 29 heavy (non-hydrogen) atoms. The van der Waals surface area contributed by atoms with E-state index in [-0.39, 0.29) is 11.8 Å². The third-order valence-corrected chi connectivity index (χ3v) is 6.07. The molecule has 0 aliphatic carbocycles. The summed E-state index contributed by atoms with van der Waals surface area (Å²) in [6.45, 7) is 2.36. The van der Waals surface area contributed by atoms with Crippen molar-refractivity contribution < 1.29 is 9.47 Å². The molecule has 0 bridgehead atoms. The number of hydrogen-bond acceptors (Lipinski definition) is 5. The number of aromatic nitrogens is 2. The summed E-state index contributed by atoms with van der Waals surface area (Å²) >= 11 is 5.87. The molecular weight excluding hydrogens is 547 g/mol. The number of benzene rings is 2. The fourth-order valence-electron chi connectivity index (χ4n) is 3.29. The summed E-state index contributed by atoms with van der Waals surface area (Å²) in [4.78, 5) is 0. The van der Waals surface area contributed by atoms with E-state index in [1.165, 1.54) is 3.57 Å². The topological polar surface area (TPSA) is 97.0 Å². The van der Waals surface area contributed by atoms with Crippen molar-refractivity contribution in [2.24, 2.45) is 5.73 Å². The zero-order valence-electron chi connectivity index (χ0n) is 15.4. The Labute approximate surface area is 190 Å². The van der Waals surface area contributed by atoms with Crippen molar-refractivity contribution in [3.05, 3.63) is 84.3 Å². The first-order valence-corrected chi connectivity index (χ1v) is 10.6. The second-order valence-corrected chi connectivity index (χ2v) is 8.70. The Morgan fingerprint density at radius 3 is 2.76 bits per heavy atom. The average Bonchev–Trinajstić information content (AvgIpc) is 3.07. The van der Waals surface area contributed by atoms with Crippen molar-refractivity contribution in [2.75, 3.05) is 0 Å². The lowest BCUT2D eigenvalue weighted by molar-refractivity contribution is 0.304. The minimum absolute atomic E-state index is 0.0756. The van der Waals surface area contributed by atoms with Gasteiger partial charge in [0, 0.05) is 14.8 Å². The molecule has 6 nitrogen and oxygen atoms in total. The van der Waals surface area contributed by atoms with E-state index in [0.29, 0.717) is 18.1 Å². The van der Waals surface area contributed by atoms with Crippen molar-refractivity contribution in [1.29, 1.82) is 5.26 Å². The number of rotatable bonds is 4. The van der Waals surface area contributed by atoms with Gasteiger partial charge >= 0.3 is 0 Å². The number of ether oxygens (including phenoxy) is 2. The van der Waals surface area contributed by atoms with Crippen LogP contribution in [0.2, 0.25) is 0 Å². The Kier molecular flexibility index (Phi) is 5.52. The lowest BCUT2D eigenvalue weighted by atomic mass is 9.84. The Hall–Kier alpha value is -2.51. The van der Waals surface area contributed by atoms with Crippen molar-refractivity contribution in [1.82, 2.24) is 10.2 Å². The molecule has 146 valence electrons. The molecular formula is C21H16BrIN4O2. The van der Waals surface area contributed by atoms with Crippen LogP contribution in [-0.2, 0) is 6.61 Å². The standard InChI is InChI=1S/C21H16BrIN4O2/c1-11-18-19(15(9-24)20(25)29-21(18)27-26-11)13-4-7-17(16(22)8-13)28-10-12-2-5-14(23)6-3-12/h2-8,19H,10,25H2,1H3,(H,26,27)/t19-/m0/s1. The molecule has 0 radical (unpaired) electrons. The highest BCUT2D eigenvalue weighted by Gasteiger charge is 2.34. The maximum absolute atomic E-state index is 9.67. The largest absolute Gasteiger partial charge is 0.488 e. The van der Waals surface area contributed by atoms with Gasteiger partial charge in [0.25, 0.3) is 0 Å². The monoisotopic (exact) mass is 562 g/mol. The number of nitriles is 1. The molecule has 0 spiro atoms. The first-order chi connectivity index (χ1) is 14.0. The second-order valence-electron chi connectivity index (χ2n) is 6.60. The van der Waals surface area contributed by atoms with E-state index < -0.39 is 0 Å². The Morgan fingerprint density at radius 2 is 2.07 bits per heavy atom. The van der Waals surface area contributed by atoms with Crippen LogP contribution in [0.15, 0.2) is 58.4 Å². The lowest BCUT2D eigenvalue weighted by Crippen LogP contribution is -2.21. The van der Waals surface area contributed by atoms with E-state index >= 15 is 0 Å². The minimum atomic E-state index is -0.357. The van der Waals surface area contributed by atoms with E-state index in [1.807, 2.05) is 49.4 Å². The van der Waals surface area contributed by atoms with Gasteiger partial charge in [0.1, 0.15) is 24.0 Å². The van der Waals surface area contributed by atoms with Gasteiger partial charge in [0.05, 0.1) is 10.4 Å². The molecule has 0 saturated heterocycles. The van der Waals surface area contributed by atoms with Gasteiger partial charge in [-0.1, -0.05) is 18.2 Å². The van der Waals surface area contributed by atoms with Crippen LogP contribution in [0, 0.1) is 21.8 Å². The van der Waals surface area contributed by atoms with Gasteiger partial charge in [-0.3, -0.25) is 5.10 Å². The summed E-state index contributed by atoms with van der Waals surface area (Å²) in [5.74, 6) is 0.842. The number of aromatic amines is 1. The van der Waals surface area contributed by atoms with Crippen LogP contribution in [0.5, 0.6) is 11.6 Å². The zero-order valence-corrected chi connectivity index (χ0v) is 19.1. The van der Waals surface area contributed by atoms with Crippen molar-refractivity contribution in [3.63, 3.8) is 0 Å². The first-order valence-electron chi connectivity index (χ1n) is 8.77. The van der Waals surface area contributed by atoms with Gasteiger partial charge < -0.3 is 15.2 Å². The fraction of sp³-hybridized carbons (Fsp3) is 0.143. The molecule has 0 unspecified atom stereocenters. The number of nitrogens with two attached hydrogens (primary N) is 1. The molecule has 2 aromatic carbocycles. The van der Waals surface area contributed by atoms with Crippen LogP contribution in [-0.4, -0.2) is 10.2 Å². The van der Waals surface area contributed by atoms with Crippen LogP contribution in [0.4, 0.5) is 0 Å². The van der Waals surface area contributed by atoms with Crippen molar-refractivity contribution in [3.8, 4) is 17.7 Å². The summed E-state index contributed by atoms with van der Waals surface area (Å²) in [5.41, 5.74) is 9.97. The quantitative estimate of drug-likeness (QED) is 0.442. The molecule has 3 N–H and O–H groups in total. The average molecular weight is 563 g/mol. The number of allylic oxidation sites excluding steroid dienone is 1. The highest BCUT2D eigenvalue weighted by atomic mass is 127. The summed E-state index contributed by atoms with van der Waals surface area (Å²) in [6.07, 6.45) is 0. The summed E-state index contributed by atoms with van der Waals surface area (Å²) in [7, 11) is 0. The third kappa shape index (κ3) is 3.84. The molecule has 0 fully saturated rings. The second kappa shape index (κ2) is 8.08. The fourth-order valence-corrected chi connectivity index (χ4v) is 4.16. The predicted molar refractivity (Wildman–Crippen MR) is 120 cm³/mol. The molecule has 1 aromatic heterocycles. The summed E-state index contributed by atoms with van der Waals surface area (Å²) in [5, 5.41) is 16.7. The maximum atomic E-state index is 9.67. The molecule has 3 aromatic rings. The highest BCUT2D eigenvalue weighted by Crippen LogP contribution is 2.44. The molecule has 4 rings (SSSR count). The van der Waals surface area contributed by atoms with E-state index in [1.54, 1.807) is 0 Å². The maximum Gasteiger partial charge on any atom is 0.244 e. The van der Waals surface area contributed by atoms with Crippen molar-refractivity contribution in [2.45, 2.75) is 19.4 Å². The van der Waals surface area contributed by atoms with Gasteiger partial charge in [0.15, 0.2) is 0 Å². The molecule has 1 aliphatic heterocycles. The number of aryl methyl sites for hydroxylation is 1. The lowest BCUT2D eigenvalue weighted by Gasteiger charge is -2.24. The smallest absolute Gasteiger partial charge is 0.244 e. The Balaban J connectivity index is 1.64. The van der Waals surface area contributed by atoms with Crippen LogP contribution >= 0.6 is 38.5 Å². The SMILES string of the molecule is Cc1[nH]nc2c1[C@@H](c1ccc(OCc3ccc(I)cc3)c(Br)c1)C(C#N)=C(N)O2. The number of halogens is 2. The van der Waals surface area contributed by atoms with Crippen LogP contribution < -0.4 is 15.2 Å². The highest BCUT2D eigenvalue weighted by molar-refractivity contribution is 14.1. The molecule has 2 heterocycles. The molecule has 1 atom stereocenters. The number of nitrogens with one attached hydrogen (secondary N) is 1. The predicted octanol–water partition coefficient (Wildman–Crippen LogP) is 4.88. The molecule has 1 aliphatic rings. The van der Waals surface area contributed by atoms with E-state index in [0.717, 1.165) is 32.6 Å². The molecule has 8 heteroatoms. The number of hydrogen-bond donors (Lipinski definition) is 2. The first kappa shape index (κ1) is 19.8. The normalized spacial score (nSPS) is 15.4. The summed E-state index contributed by atoms with van der Waals surface area (Å²) < 4.78 is 13.5. The van der Waals surface area contributed by atoms with Crippen LogP contribution in [0.3, 0.4) is 0 Å². The van der Waals surface area contributed by atoms with Crippen LogP contribution in [0.25, 0.3) is 0 Å². The number of fused-ring (bicyclic) bond motifs is 1. The van der Waals surface area contributed by atoms with Gasteiger partial charge in [-0.05, 0) is 80.8 Å². The van der Waals surface area contributed by atoms with Crippen molar-refractivity contribution >= 4 is 38.5 Å². The van der Waals surface area contributed by atoms with E-state index in [2.05, 4.69) is 54.8 Å².